The highest BCUT2D eigenvalue weighted by atomic mass is 16.4. The molecular formula is C27H40N8O7. The number of carbonyl (C=O) groups is 5. The number of amides is 3. The summed E-state index contributed by atoms with van der Waals surface area (Å²) >= 11 is 0. The number of benzene rings is 1. The number of aliphatic carboxylic acids is 2. The first kappa shape index (κ1) is 33.5. The first-order chi connectivity index (χ1) is 19.8. The van der Waals surface area contributed by atoms with Gasteiger partial charge in [0.05, 0.1) is 6.04 Å². The first-order valence-electron chi connectivity index (χ1n) is 13.5. The molecule has 0 saturated carbocycles. The molecule has 42 heavy (non-hydrogen) atoms. The maximum atomic E-state index is 13.5. The second-order valence-electron chi connectivity index (χ2n) is 10.2. The van der Waals surface area contributed by atoms with Crippen LogP contribution in [0, 0.1) is 5.92 Å². The van der Waals surface area contributed by atoms with Crippen molar-refractivity contribution in [1.82, 2.24) is 20.9 Å². The van der Waals surface area contributed by atoms with Gasteiger partial charge in [-0.05, 0) is 36.8 Å². The van der Waals surface area contributed by atoms with E-state index >= 15 is 0 Å². The minimum atomic E-state index is -1.50. The summed E-state index contributed by atoms with van der Waals surface area (Å²) in [7, 11) is 0. The van der Waals surface area contributed by atoms with Gasteiger partial charge in [0.25, 0.3) is 0 Å². The van der Waals surface area contributed by atoms with Crippen LogP contribution in [0.5, 0.6) is 0 Å². The number of carbonyl (C=O) groups excluding carboxylic acids is 3. The summed E-state index contributed by atoms with van der Waals surface area (Å²) in [6, 6.07) is 2.50. The number of fused-ring (bicyclic) bond motifs is 1. The molecule has 15 heteroatoms. The first-order valence-corrected chi connectivity index (χ1v) is 13.5. The summed E-state index contributed by atoms with van der Waals surface area (Å²) in [5, 5.41) is 26.9. The van der Waals surface area contributed by atoms with Crippen LogP contribution in [-0.2, 0) is 30.4 Å². The van der Waals surface area contributed by atoms with Crippen LogP contribution in [0.25, 0.3) is 10.9 Å². The predicted octanol–water partition coefficient (Wildman–Crippen LogP) is -0.849. The molecule has 3 amide bonds. The molecular weight excluding hydrogens is 548 g/mol. The van der Waals surface area contributed by atoms with Crippen molar-refractivity contribution in [3.8, 4) is 0 Å². The van der Waals surface area contributed by atoms with Crippen LogP contribution < -0.4 is 33.2 Å². The standard InChI is InChI=1S/C27H40N8O7/c1-14(2)22(28)25(40)33-18(8-5-11-31-27(29)30)23(38)35-20(12-15-13-32-17-7-4-3-6-16(15)17)24(39)34-19(26(41)42)9-10-21(36)37/h3-4,6-7,13-14,18-20,22,32H,5,8-12,28H2,1-2H3,(H,33,40)(H,34,39)(H,35,38)(H,36,37)(H,41,42)(H4,29,30,31). The monoisotopic (exact) mass is 588 g/mol. The number of nitrogens with zero attached hydrogens (tertiary/aromatic N) is 1. The third-order valence-electron chi connectivity index (χ3n) is 6.59. The van der Waals surface area contributed by atoms with Crippen LogP contribution in [0.2, 0.25) is 0 Å². The molecule has 1 aromatic carbocycles. The Morgan fingerprint density at radius 3 is 2.14 bits per heavy atom. The van der Waals surface area contributed by atoms with E-state index in [9.17, 15) is 29.1 Å². The molecule has 230 valence electrons. The molecule has 2 aromatic rings. The number of aliphatic imine (C=N–C) groups is 1. The average molecular weight is 589 g/mol. The topological polar surface area (TPSA) is 268 Å². The largest absolute Gasteiger partial charge is 0.481 e. The van der Waals surface area contributed by atoms with Gasteiger partial charge in [-0.1, -0.05) is 32.0 Å². The van der Waals surface area contributed by atoms with E-state index in [0.717, 1.165) is 10.9 Å². The van der Waals surface area contributed by atoms with Gasteiger partial charge in [-0.15, -0.1) is 0 Å². The van der Waals surface area contributed by atoms with E-state index in [4.69, 9.17) is 22.3 Å². The van der Waals surface area contributed by atoms with Crippen LogP contribution in [-0.4, -0.2) is 81.5 Å². The van der Waals surface area contributed by atoms with Gasteiger partial charge in [0.15, 0.2) is 5.96 Å². The Hall–Kier alpha value is -4.66. The highest BCUT2D eigenvalue weighted by molar-refractivity contribution is 5.95. The molecule has 1 aromatic heterocycles. The van der Waals surface area contributed by atoms with E-state index in [0.29, 0.717) is 12.0 Å². The summed E-state index contributed by atoms with van der Waals surface area (Å²) in [4.78, 5) is 69.3. The molecule has 1 heterocycles. The highest BCUT2D eigenvalue weighted by Gasteiger charge is 2.31. The fourth-order valence-electron chi connectivity index (χ4n) is 4.14. The van der Waals surface area contributed by atoms with Crippen molar-refractivity contribution < 1.29 is 34.2 Å². The summed E-state index contributed by atoms with van der Waals surface area (Å²) in [5.41, 5.74) is 18.1. The van der Waals surface area contributed by atoms with E-state index in [1.165, 1.54) is 0 Å². The van der Waals surface area contributed by atoms with Crippen LogP contribution in [0.4, 0.5) is 0 Å². The van der Waals surface area contributed by atoms with E-state index < -0.39 is 60.2 Å². The van der Waals surface area contributed by atoms with Gasteiger partial charge in [0, 0.05) is 36.5 Å². The maximum absolute atomic E-state index is 13.5. The summed E-state index contributed by atoms with van der Waals surface area (Å²) in [6.45, 7) is 3.69. The molecule has 2 rings (SSSR count). The number of carboxylic acid groups (broad SMARTS) is 2. The molecule has 0 aliphatic carbocycles. The molecule has 0 spiro atoms. The Morgan fingerprint density at radius 2 is 1.52 bits per heavy atom. The molecule has 0 aliphatic heterocycles. The lowest BCUT2D eigenvalue weighted by atomic mass is 10.0. The molecule has 4 unspecified atom stereocenters. The Bertz CT molecular complexity index is 1290. The number of H-pyrrole nitrogens is 1. The minimum Gasteiger partial charge on any atom is -0.481 e. The molecule has 4 atom stereocenters. The number of hydrogen-bond donors (Lipinski definition) is 9. The fraction of sp³-hybridized carbons (Fsp3) is 0.481. The lowest BCUT2D eigenvalue weighted by Crippen LogP contribution is -2.58. The molecule has 0 aliphatic rings. The van der Waals surface area contributed by atoms with E-state index in [1.54, 1.807) is 26.1 Å². The third kappa shape index (κ3) is 10.4. The number of carboxylic acids is 2. The number of para-hydroxylation sites is 1. The number of hydrogen-bond acceptors (Lipinski definition) is 7. The van der Waals surface area contributed by atoms with Crippen LogP contribution in [0.15, 0.2) is 35.5 Å². The van der Waals surface area contributed by atoms with Crippen molar-refractivity contribution in [2.24, 2.45) is 28.1 Å². The van der Waals surface area contributed by atoms with Crippen LogP contribution in [0.1, 0.15) is 45.1 Å². The second-order valence-corrected chi connectivity index (χ2v) is 10.2. The number of aromatic amines is 1. The molecule has 12 N–H and O–H groups in total. The quantitative estimate of drug-likeness (QED) is 0.0627. The van der Waals surface area contributed by atoms with Crippen LogP contribution >= 0.6 is 0 Å². The molecule has 0 saturated heterocycles. The normalized spacial score (nSPS) is 13.9. The number of guanidine groups is 1. The third-order valence-corrected chi connectivity index (χ3v) is 6.59. The number of aromatic nitrogens is 1. The lowest BCUT2D eigenvalue weighted by molar-refractivity contribution is -0.143. The Morgan fingerprint density at radius 1 is 0.905 bits per heavy atom. The SMILES string of the molecule is CC(C)C(N)C(=O)NC(CCCN=C(N)N)C(=O)NC(Cc1c[nH]c2ccccc12)C(=O)NC(CCC(=O)O)C(=O)O. The van der Waals surface area contributed by atoms with Gasteiger partial charge >= 0.3 is 11.9 Å². The van der Waals surface area contributed by atoms with Gasteiger partial charge < -0.3 is 48.3 Å². The Balaban J connectivity index is 2.34. The highest BCUT2D eigenvalue weighted by Crippen LogP contribution is 2.19. The maximum Gasteiger partial charge on any atom is 0.326 e. The van der Waals surface area contributed by atoms with E-state index in [-0.39, 0.29) is 37.7 Å². The Labute approximate surface area is 242 Å². The van der Waals surface area contributed by atoms with Crippen molar-refractivity contribution in [1.29, 1.82) is 0 Å². The van der Waals surface area contributed by atoms with Crippen LogP contribution in [0.3, 0.4) is 0 Å². The number of nitrogens with two attached hydrogens (primary N) is 3. The van der Waals surface area contributed by atoms with E-state index in [2.05, 4.69) is 25.9 Å². The number of rotatable bonds is 17. The summed E-state index contributed by atoms with van der Waals surface area (Å²) < 4.78 is 0. The molecule has 0 bridgehead atoms. The molecule has 0 fully saturated rings. The number of nitrogens with one attached hydrogen (secondary N) is 4. The van der Waals surface area contributed by atoms with Crippen molar-refractivity contribution in [2.75, 3.05) is 6.54 Å². The van der Waals surface area contributed by atoms with Crippen molar-refractivity contribution in [3.05, 3.63) is 36.0 Å². The van der Waals surface area contributed by atoms with Gasteiger partial charge in [-0.25, -0.2) is 4.79 Å². The predicted molar refractivity (Wildman–Crippen MR) is 155 cm³/mol. The zero-order chi connectivity index (χ0) is 31.4. The van der Waals surface area contributed by atoms with Crippen molar-refractivity contribution in [3.63, 3.8) is 0 Å². The van der Waals surface area contributed by atoms with Crippen molar-refractivity contribution >= 4 is 46.5 Å². The lowest BCUT2D eigenvalue weighted by Gasteiger charge is -2.25. The average Bonchev–Trinajstić information content (AvgIpc) is 3.33. The van der Waals surface area contributed by atoms with Gasteiger partial charge in [-0.3, -0.25) is 24.2 Å². The summed E-state index contributed by atoms with van der Waals surface area (Å²) in [6.07, 6.45) is 1.20. The van der Waals surface area contributed by atoms with Crippen molar-refractivity contribution in [2.45, 2.75) is 70.1 Å². The minimum absolute atomic E-state index is 0.0347. The van der Waals surface area contributed by atoms with Gasteiger partial charge in [-0.2, -0.15) is 0 Å². The van der Waals surface area contributed by atoms with Gasteiger partial charge in [0.2, 0.25) is 17.7 Å². The Kier molecular flexibility index (Phi) is 12.7. The molecule has 15 nitrogen and oxygen atoms in total. The summed E-state index contributed by atoms with van der Waals surface area (Å²) in [5.74, 6) is -5.10. The van der Waals surface area contributed by atoms with E-state index in [1.807, 2.05) is 18.2 Å². The molecule has 0 radical (unpaired) electrons. The smallest absolute Gasteiger partial charge is 0.326 e. The van der Waals surface area contributed by atoms with Gasteiger partial charge in [0.1, 0.15) is 18.1 Å². The fourth-order valence-corrected chi connectivity index (χ4v) is 4.14. The zero-order valence-corrected chi connectivity index (χ0v) is 23.6. The zero-order valence-electron chi connectivity index (χ0n) is 23.6. The second kappa shape index (κ2) is 16.0.